The van der Waals surface area contributed by atoms with Crippen LogP contribution in [-0.4, -0.2) is 54.6 Å². The first-order valence-corrected chi connectivity index (χ1v) is 9.81. The van der Waals surface area contributed by atoms with Gasteiger partial charge in [-0.05, 0) is 55.4 Å². The van der Waals surface area contributed by atoms with Gasteiger partial charge in [-0.15, -0.1) is 0 Å². The van der Waals surface area contributed by atoms with Crippen molar-refractivity contribution in [2.45, 2.75) is 32.7 Å². The summed E-state index contributed by atoms with van der Waals surface area (Å²) >= 11 is 0. The van der Waals surface area contributed by atoms with Gasteiger partial charge in [-0.25, -0.2) is 0 Å². The lowest BCUT2D eigenvalue weighted by atomic mass is 9.91. The lowest BCUT2D eigenvalue weighted by molar-refractivity contribution is 0.192. The first kappa shape index (κ1) is 18.9. The van der Waals surface area contributed by atoms with Crippen LogP contribution in [0.5, 0.6) is 5.75 Å². The van der Waals surface area contributed by atoms with Crippen LogP contribution in [0.1, 0.15) is 43.1 Å². The Morgan fingerprint density at radius 2 is 1.92 bits per heavy atom. The summed E-state index contributed by atoms with van der Waals surface area (Å²) in [6, 6.07) is 13.1. The molecule has 0 bridgehead atoms. The minimum absolute atomic E-state index is 0.287. The van der Waals surface area contributed by atoms with E-state index in [1.807, 2.05) is 6.20 Å². The topological polar surface area (TPSA) is 28.6 Å². The maximum atomic E-state index is 5.34. The van der Waals surface area contributed by atoms with Crippen LogP contribution in [0.25, 0.3) is 0 Å². The SMILES string of the molecule is CCN(CC)CCCN1CCc2ncccc2C1c1ccc(OC)cc1. The number of aromatic nitrogens is 1. The molecule has 26 heavy (non-hydrogen) atoms. The first-order valence-electron chi connectivity index (χ1n) is 9.81. The predicted molar refractivity (Wildman–Crippen MR) is 107 cm³/mol. The van der Waals surface area contributed by atoms with Crippen molar-refractivity contribution in [2.24, 2.45) is 0 Å². The van der Waals surface area contributed by atoms with E-state index in [1.165, 1.54) is 29.8 Å². The van der Waals surface area contributed by atoms with Crippen molar-refractivity contribution in [2.75, 3.05) is 39.8 Å². The predicted octanol–water partition coefficient (Wildman–Crippen LogP) is 3.77. The van der Waals surface area contributed by atoms with Crippen LogP contribution in [-0.2, 0) is 6.42 Å². The highest BCUT2D eigenvalue weighted by Gasteiger charge is 2.29. The summed E-state index contributed by atoms with van der Waals surface area (Å²) in [6.07, 6.45) is 4.15. The monoisotopic (exact) mass is 353 g/mol. The van der Waals surface area contributed by atoms with Crippen molar-refractivity contribution in [3.05, 3.63) is 59.4 Å². The number of methoxy groups -OCH3 is 1. The van der Waals surface area contributed by atoms with Gasteiger partial charge in [0.15, 0.2) is 0 Å². The Labute approximate surface area is 157 Å². The highest BCUT2D eigenvalue weighted by Crippen LogP contribution is 2.34. The quantitative estimate of drug-likeness (QED) is 0.722. The van der Waals surface area contributed by atoms with Gasteiger partial charge in [0.1, 0.15) is 5.75 Å². The minimum atomic E-state index is 0.287. The summed E-state index contributed by atoms with van der Waals surface area (Å²) in [7, 11) is 1.72. The number of rotatable bonds is 8. The summed E-state index contributed by atoms with van der Waals surface area (Å²) in [5.41, 5.74) is 3.92. The number of ether oxygens (including phenoxy) is 1. The standard InChI is InChI=1S/C22H31N3O/c1-4-24(5-2)15-7-16-25-17-13-21-20(8-6-14-23-21)22(25)18-9-11-19(26-3)12-10-18/h6,8-12,14,22H,4-5,7,13,15-17H2,1-3H3. The first-order chi connectivity index (χ1) is 12.8. The molecular weight excluding hydrogens is 322 g/mol. The molecule has 3 rings (SSSR count). The van der Waals surface area contributed by atoms with E-state index in [0.29, 0.717) is 0 Å². The Hall–Kier alpha value is -1.91. The molecular formula is C22H31N3O. The summed E-state index contributed by atoms with van der Waals surface area (Å²) in [5.74, 6) is 0.907. The highest BCUT2D eigenvalue weighted by atomic mass is 16.5. The fraction of sp³-hybridized carbons (Fsp3) is 0.500. The van der Waals surface area contributed by atoms with E-state index < -0.39 is 0 Å². The molecule has 2 heterocycles. The second-order valence-electron chi connectivity index (χ2n) is 6.88. The van der Waals surface area contributed by atoms with Crippen LogP contribution < -0.4 is 4.74 Å². The molecule has 0 amide bonds. The second kappa shape index (κ2) is 9.15. The highest BCUT2D eigenvalue weighted by molar-refractivity contribution is 5.38. The zero-order valence-corrected chi connectivity index (χ0v) is 16.3. The van der Waals surface area contributed by atoms with Gasteiger partial charge in [-0.3, -0.25) is 9.88 Å². The third-order valence-corrected chi connectivity index (χ3v) is 5.47. The van der Waals surface area contributed by atoms with Crippen molar-refractivity contribution in [3.8, 4) is 5.75 Å². The van der Waals surface area contributed by atoms with Gasteiger partial charge in [-0.1, -0.05) is 32.0 Å². The van der Waals surface area contributed by atoms with Crippen molar-refractivity contribution < 1.29 is 4.74 Å². The fourth-order valence-corrected chi connectivity index (χ4v) is 3.94. The Kier molecular flexibility index (Phi) is 6.64. The third-order valence-electron chi connectivity index (χ3n) is 5.47. The number of nitrogens with zero attached hydrogens (tertiary/aromatic N) is 3. The lowest BCUT2D eigenvalue weighted by Crippen LogP contribution is -2.38. The van der Waals surface area contributed by atoms with Crippen molar-refractivity contribution in [1.82, 2.24) is 14.8 Å². The Morgan fingerprint density at radius 1 is 1.15 bits per heavy atom. The molecule has 1 unspecified atom stereocenters. The van der Waals surface area contributed by atoms with Crippen molar-refractivity contribution in [3.63, 3.8) is 0 Å². The van der Waals surface area contributed by atoms with Gasteiger partial charge in [0.2, 0.25) is 0 Å². The van der Waals surface area contributed by atoms with Crippen LogP contribution in [0.2, 0.25) is 0 Å². The van der Waals surface area contributed by atoms with Gasteiger partial charge < -0.3 is 9.64 Å². The van der Waals surface area contributed by atoms with Crippen molar-refractivity contribution in [1.29, 1.82) is 0 Å². The minimum Gasteiger partial charge on any atom is -0.497 e. The molecule has 0 fully saturated rings. The molecule has 0 N–H and O–H groups in total. The van der Waals surface area contributed by atoms with Crippen LogP contribution >= 0.6 is 0 Å². The Balaban J connectivity index is 1.81. The summed E-state index contributed by atoms with van der Waals surface area (Å²) in [4.78, 5) is 9.76. The fourth-order valence-electron chi connectivity index (χ4n) is 3.94. The lowest BCUT2D eigenvalue weighted by Gasteiger charge is -2.37. The van der Waals surface area contributed by atoms with Crippen LogP contribution in [0.4, 0.5) is 0 Å². The summed E-state index contributed by atoms with van der Waals surface area (Å²) < 4.78 is 5.34. The zero-order valence-electron chi connectivity index (χ0n) is 16.3. The maximum absolute atomic E-state index is 5.34. The second-order valence-corrected chi connectivity index (χ2v) is 6.88. The van der Waals surface area contributed by atoms with E-state index in [4.69, 9.17) is 4.74 Å². The largest absolute Gasteiger partial charge is 0.497 e. The normalized spacial score (nSPS) is 17.3. The molecule has 140 valence electrons. The Morgan fingerprint density at radius 3 is 2.62 bits per heavy atom. The van der Waals surface area contributed by atoms with Gasteiger partial charge in [0, 0.05) is 31.4 Å². The number of hydrogen-bond acceptors (Lipinski definition) is 4. The van der Waals surface area contributed by atoms with Crippen LogP contribution in [0.3, 0.4) is 0 Å². The summed E-state index contributed by atoms with van der Waals surface area (Å²) in [5, 5.41) is 0. The molecule has 4 heteroatoms. The van der Waals surface area contributed by atoms with Gasteiger partial charge >= 0.3 is 0 Å². The number of benzene rings is 1. The smallest absolute Gasteiger partial charge is 0.118 e. The van der Waals surface area contributed by atoms with Crippen LogP contribution in [0, 0.1) is 0 Å². The number of pyridine rings is 1. The summed E-state index contributed by atoms with van der Waals surface area (Å²) in [6.45, 7) is 10.1. The van der Waals surface area contributed by atoms with Crippen LogP contribution in [0.15, 0.2) is 42.6 Å². The molecule has 1 aliphatic rings. The molecule has 0 radical (unpaired) electrons. The average Bonchev–Trinajstić information content (AvgIpc) is 2.71. The van der Waals surface area contributed by atoms with Crippen molar-refractivity contribution >= 4 is 0 Å². The van der Waals surface area contributed by atoms with E-state index in [0.717, 1.165) is 38.3 Å². The maximum Gasteiger partial charge on any atom is 0.118 e. The van der Waals surface area contributed by atoms with E-state index in [1.54, 1.807) is 7.11 Å². The molecule has 1 aromatic heterocycles. The molecule has 0 saturated carbocycles. The van der Waals surface area contributed by atoms with E-state index in [2.05, 4.69) is 65.0 Å². The average molecular weight is 354 g/mol. The molecule has 0 spiro atoms. The molecule has 1 aliphatic heterocycles. The van der Waals surface area contributed by atoms with E-state index in [9.17, 15) is 0 Å². The molecule has 2 aromatic rings. The molecule has 1 aromatic carbocycles. The molecule has 1 atom stereocenters. The molecule has 0 saturated heterocycles. The van der Waals surface area contributed by atoms with Gasteiger partial charge in [0.25, 0.3) is 0 Å². The zero-order chi connectivity index (χ0) is 18.4. The van der Waals surface area contributed by atoms with E-state index in [-0.39, 0.29) is 6.04 Å². The number of hydrogen-bond donors (Lipinski definition) is 0. The molecule has 4 nitrogen and oxygen atoms in total. The van der Waals surface area contributed by atoms with Gasteiger partial charge in [0.05, 0.1) is 13.2 Å². The third kappa shape index (κ3) is 4.25. The van der Waals surface area contributed by atoms with E-state index >= 15 is 0 Å². The van der Waals surface area contributed by atoms with Gasteiger partial charge in [-0.2, -0.15) is 0 Å². The Bertz CT molecular complexity index is 682. The number of fused-ring (bicyclic) bond motifs is 1. The molecule has 0 aliphatic carbocycles.